The molecule has 14 heavy (non-hydrogen) atoms. The molecule has 1 heterocycles. The zero-order valence-electron chi connectivity index (χ0n) is 8.32. The average Bonchev–Trinajstić information content (AvgIpc) is 1.90. The van der Waals surface area contributed by atoms with Crippen molar-refractivity contribution in [1.82, 2.24) is 10.6 Å². The lowest BCUT2D eigenvalue weighted by atomic mass is 9.99. The van der Waals surface area contributed by atoms with Gasteiger partial charge in [-0.25, -0.2) is 0 Å². The van der Waals surface area contributed by atoms with E-state index in [0.29, 0.717) is 12.5 Å². The Balaban J connectivity index is 1.99. The fourth-order valence-corrected chi connectivity index (χ4v) is 1.51. The molecule has 1 aliphatic heterocycles. The largest absolute Gasteiger partial charge is 0.390 e. The second-order valence-corrected chi connectivity index (χ2v) is 3.99. The second-order valence-electron chi connectivity index (χ2n) is 3.99. The van der Waals surface area contributed by atoms with Crippen molar-refractivity contribution < 1.29 is 13.2 Å². The van der Waals surface area contributed by atoms with Gasteiger partial charge in [0.2, 0.25) is 0 Å². The van der Waals surface area contributed by atoms with Gasteiger partial charge < -0.3 is 10.6 Å². The third-order valence-corrected chi connectivity index (χ3v) is 2.45. The number of nitrogens with one attached hydrogen (secondary N) is 2. The highest BCUT2D eigenvalue weighted by molar-refractivity contribution is 4.76. The smallest absolute Gasteiger partial charge is 0.316 e. The van der Waals surface area contributed by atoms with E-state index < -0.39 is 18.6 Å². The van der Waals surface area contributed by atoms with Crippen LogP contribution in [-0.2, 0) is 0 Å². The van der Waals surface area contributed by atoms with Crippen molar-refractivity contribution >= 4 is 0 Å². The molecule has 1 aliphatic rings. The highest BCUT2D eigenvalue weighted by Gasteiger charge is 2.29. The molecule has 2 N–H and O–H groups in total. The topological polar surface area (TPSA) is 24.1 Å². The molecule has 5 heteroatoms. The van der Waals surface area contributed by atoms with Crippen LogP contribution in [0.5, 0.6) is 0 Å². The van der Waals surface area contributed by atoms with E-state index in [1.807, 2.05) is 0 Å². The van der Waals surface area contributed by atoms with Crippen molar-refractivity contribution in [3.05, 3.63) is 0 Å². The normalized spacial score (nSPS) is 20.6. The first-order valence-corrected chi connectivity index (χ1v) is 4.98. The third kappa shape index (κ3) is 4.81. The summed E-state index contributed by atoms with van der Waals surface area (Å²) in [7, 11) is 0. The maximum Gasteiger partial charge on any atom is 0.390 e. The zero-order chi connectivity index (χ0) is 10.6. The summed E-state index contributed by atoms with van der Waals surface area (Å²) in [6.07, 6.45) is -3.82. The van der Waals surface area contributed by atoms with E-state index in [1.165, 1.54) is 0 Å². The molecule has 0 saturated carbocycles. The summed E-state index contributed by atoms with van der Waals surface area (Å²) in [4.78, 5) is 0. The minimum atomic E-state index is -4.05. The van der Waals surface area contributed by atoms with E-state index >= 15 is 0 Å². The molecule has 0 aromatic heterocycles. The van der Waals surface area contributed by atoms with Gasteiger partial charge in [-0.15, -0.1) is 0 Å². The van der Waals surface area contributed by atoms with Crippen LogP contribution in [0, 0.1) is 5.92 Å². The third-order valence-electron chi connectivity index (χ3n) is 2.45. The quantitative estimate of drug-likeness (QED) is 0.719. The lowest BCUT2D eigenvalue weighted by Gasteiger charge is -2.27. The zero-order valence-corrected chi connectivity index (χ0v) is 8.32. The van der Waals surface area contributed by atoms with E-state index in [-0.39, 0.29) is 0 Å². The van der Waals surface area contributed by atoms with E-state index in [9.17, 15) is 13.2 Å². The van der Waals surface area contributed by atoms with Crippen LogP contribution in [0.4, 0.5) is 13.2 Å². The SMILES string of the molecule is CC(CC(F)(F)F)NCCC1CNC1. The molecule has 0 bridgehead atoms. The number of alkyl halides is 3. The molecular weight excluding hydrogens is 193 g/mol. The monoisotopic (exact) mass is 210 g/mol. The standard InChI is InChI=1S/C9H17F3N2/c1-7(4-9(10,11)12)14-3-2-8-5-13-6-8/h7-8,13-14H,2-6H2,1H3. The summed E-state index contributed by atoms with van der Waals surface area (Å²) >= 11 is 0. The van der Waals surface area contributed by atoms with Crippen molar-refractivity contribution in [2.45, 2.75) is 32.0 Å². The minimum Gasteiger partial charge on any atom is -0.316 e. The lowest BCUT2D eigenvalue weighted by molar-refractivity contribution is -0.139. The summed E-state index contributed by atoms with van der Waals surface area (Å²) in [5, 5.41) is 6.02. The molecule has 1 unspecified atom stereocenters. The van der Waals surface area contributed by atoms with Crippen LogP contribution < -0.4 is 10.6 Å². The van der Waals surface area contributed by atoms with Gasteiger partial charge in [-0.3, -0.25) is 0 Å². The van der Waals surface area contributed by atoms with Gasteiger partial charge >= 0.3 is 6.18 Å². The first-order chi connectivity index (χ1) is 6.47. The van der Waals surface area contributed by atoms with Crippen molar-refractivity contribution in [2.24, 2.45) is 5.92 Å². The maximum absolute atomic E-state index is 11.9. The Morgan fingerprint density at radius 2 is 2.07 bits per heavy atom. The van der Waals surface area contributed by atoms with Gasteiger partial charge in [-0.05, 0) is 38.9 Å². The van der Waals surface area contributed by atoms with Gasteiger partial charge in [-0.2, -0.15) is 13.2 Å². The second kappa shape index (κ2) is 4.98. The summed E-state index contributed by atoms with van der Waals surface area (Å²) in [5.41, 5.74) is 0. The predicted molar refractivity (Wildman–Crippen MR) is 49.1 cm³/mol. The highest BCUT2D eigenvalue weighted by Crippen LogP contribution is 2.21. The summed E-state index contributed by atoms with van der Waals surface area (Å²) in [6, 6.07) is -0.469. The predicted octanol–water partition coefficient (Wildman–Crippen LogP) is 1.53. The molecule has 0 spiro atoms. The average molecular weight is 210 g/mol. The molecule has 0 aromatic rings. The van der Waals surface area contributed by atoms with Crippen molar-refractivity contribution in [3.63, 3.8) is 0 Å². The molecule has 0 amide bonds. The number of halogens is 3. The fourth-order valence-electron chi connectivity index (χ4n) is 1.51. The Kier molecular flexibility index (Phi) is 4.19. The number of hydrogen-bond donors (Lipinski definition) is 2. The van der Waals surface area contributed by atoms with Crippen LogP contribution in [0.25, 0.3) is 0 Å². The number of rotatable bonds is 5. The molecule has 0 aliphatic carbocycles. The van der Waals surface area contributed by atoms with Crippen LogP contribution in [0.15, 0.2) is 0 Å². The van der Waals surface area contributed by atoms with E-state index in [0.717, 1.165) is 19.5 Å². The van der Waals surface area contributed by atoms with E-state index in [1.54, 1.807) is 6.92 Å². The molecule has 84 valence electrons. The molecule has 0 aromatic carbocycles. The summed E-state index contributed by atoms with van der Waals surface area (Å²) in [6.45, 7) is 4.28. The van der Waals surface area contributed by atoms with Crippen molar-refractivity contribution in [3.8, 4) is 0 Å². The molecule has 2 nitrogen and oxygen atoms in total. The maximum atomic E-state index is 11.9. The summed E-state index contributed by atoms with van der Waals surface area (Å²) < 4.78 is 35.8. The molecule has 1 atom stereocenters. The van der Waals surface area contributed by atoms with Crippen LogP contribution in [0.3, 0.4) is 0 Å². The Hall–Kier alpha value is -0.290. The van der Waals surface area contributed by atoms with Gasteiger partial charge in [0.15, 0.2) is 0 Å². The lowest BCUT2D eigenvalue weighted by Crippen LogP contribution is -2.44. The van der Waals surface area contributed by atoms with Crippen LogP contribution in [0.1, 0.15) is 19.8 Å². The Morgan fingerprint density at radius 1 is 1.43 bits per heavy atom. The van der Waals surface area contributed by atoms with Gasteiger partial charge in [-0.1, -0.05) is 0 Å². The Labute approximate surface area is 82.2 Å². The van der Waals surface area contributed by atoms with Crippen LogP contribution in [-0.4, -0.2) is 31.9 Å². The van der Waals surface area contributed by atoms with E-state index in [2.05, 4.69) is 10.6 Å². The van der Waals surface area contributed by atoms with Gasteiger partial charge in [0, 0.05) is 6.04 Å². The Morgan fingerprint density at radius 3 is 2.50 bits per heavy atom. The molecule has 1 saturated heterocycles. The van der Waals surface area contributed by atoms with Crippen LogP contribution >= 0.6 is 0 Å². The molecule has 1 rings (SSSR count). The minimum absolute atomic E-state index is 0.469. The van der Waals surface area contributed by atoms with Crippen molar-refractivity contribution in [2.75, 3.05) is 19.6 Å². The van der Waals surface area contributed by atoms with E-state index in [4.69, 9.17) is 0 Å². The number of hydrogen-bond acceptors (Lipinski definition) is 2. The molecule has 0 radical (unpaired) electrons. The fraction of sp³-hybridized carbons (Fsp3) is 1.00. The Bertz CT molecular complexity index is 166. The summed E-state index contributed by atoms with van der Waals surface area (Å²) in [5.74, 6) is 0.653. The highest BCUT2D eigenvalue weighted by atomic mass is 19.4. The van der Waals surface area contributed by atoms with Gasteiger partial charge in [0.05, 0.1) is 6.42 Å². The first kappa shape index (κ1) is 11.8. The van der Waals surface area contributed by atoms with Gasteiger partial charge in [0.25, 0.3) is 0 Å². The van der Waals surface area contributed by atoms with Crippen molar-refractivity contribution in [1.29, 1.82) is 0 Å². The van der Waals surface area contributed by atoms with Crippen LogP contribution in [0.2, 0.25) is 0 Å². The molecule has 1 fully saturated rings. The van der Waals surface area contributed by atoms with Gasteiger partial charge in [0.1, 0.15) is 0 Å². The first-order valence-electron chi connectivity index (χ1n) is 4.98. The molecular formula is C9H17F3N2.